The number of hydrogen-bond donors (Lipinski definition) is 9. The minimum Gasteiger partial charge on any atom is -0.508 e. The number of thioether (sulfide) groups is 1. The molecule has 3 amide bonds. The van der Waals surface area contributed by atoms with Crippen molar-refractivity contribution in [3.05, 3.63) is 29.8 Å². The molecule has 0 aliphatic carbocycles. The molecule has 0 spiro atoms. The summed E-state index contributed by atoms with van der Waals surface area (Å²) in [5.41, 5.74) is 23.0. The minimum atomic E-state index is -1.20. The highest BCUT2D eigenvalue weighted by Gasteiger charge is 2.30. The zero-order valence-electron chi connectivity index (χ0n) is 23.4. The highest BCUT2D eigenvalue weighted by atomic mass is 32.2. The van der Waals surface area contributed by atoms with Crippen LogP contribution in [0.15, 0.2) is 29.3 Å². The van der Waals surface area contributed by atoms with Gasteiger partial charge in [-0.25, -0.2) is 4.79 Å². The third-order valence-corrected chi connectivity index (χ3v) is 6.76. The highest BCUT2D eigenvalue weighted by molar-refractivity contribution is 7.98. The molecule has 41 heavy (non-hydrogen) atoms. The Bertz CT molecular complexity index is 1010. The van der Waals surface area contributed by atoms with Gasteiger partial charge in [-0.3, -0.25) is 19.4 Å². The van der Waals surface area contributed by atoms with Gasteiger partial charge in [-0.05, 0) is 81.2 Å². The summed E-state index contributed by atoms with van der Waals surface area (Å²) >= 11 is 1.47. The number of amides is 3. The van der Waals surface area contributed by atoms with E-state index < -0.39 is 47.9 Å². The monoisotopic (exact) mass is 596 g/mol. The maximum Gasteiger partial charge on any atom is 0.326 e. The summed E-state index contributed by atoms with van der Waals surface area (Å²) in [4.78, 5) is 54.9. The molecule has 0 radical (unpaired) electrons. The molecule has 4 atom stereocenters. The van der Waals surface area contributed by atoms with Crippen molar-refractivity contribution in [2.75, 3.05) is 25.1 Å². The molecule has 1 rings (SSSR count). The van der Waals surface area contributed by atoms with Gasteiger partial charge in [-0.1, -0.05) is 12.1 Å². The van der Waals surface area contributed by atoms with E-state index in [0.717, 1.165) is 5.56 Å². The van der Waals surface area contributed by atoms with Crippen molar-refractivity contribution in [3.63, 3.8) is 0 Å². The number of unbranched alkanes of at least 4 members (excludes halogenated alkanes) is 1. The minimum absolute atomic E-state index is 0.0858. The normalized spacial score (nSPS) is 13.7. The van der Waals surface area contributed by atoms with Crippen molar-refractivity contribution in [1.82, 2.24) is 16.0 Å². The second-order valence-corrected chi connectivity index (χ2v) is 10.5. The number of aliphatic imine (C=N–C) groups is 1. The number of nitrogens with one attached hydrogen (secondary N) is 3. The number of carbonyl (C=O) groups excluding carboxylic acids is 3. The molecule has 1 aromatic rings. The lowest BCUT2D eigenvalue weighted by atomic mass is 10.0. The number of nitrogens with two attached hydrogens (primary N) is 4. The lowest BCUT2D eigenvalue weighted by molar-refractivity contribution is -0.142. The van der Waals surface area contributed by atoms with Gasteiger partial charge in [0.15, 0.2) is 5.96 Å². The van der Waals surface area contributed by atoms with Crippen LogP contribution in [-0.2, 0) is 25.6 Å². The first kappa shape index (κ1) is 35.5. The second kappa shape index (κ2) is 19.5. The standard InChI is InChI=1S/C26H44N8O6S/c1-41-14-11-20(32-22(36)18(28)15-16-7-9-17(35)10-8-16)24(38)33-19(6-4-13-31-26(29)30)23(37)34-21(25(39)40)5-2-3-12-27/h7-10,18-21,35H,2-6,11-15,27-28H2,1H3,(H,32,36)(H,33,38)(H,34,37)(H,39,40)(H4,29,30,31). The predicted octanol–water partition coefficient (Wildman–Crippen LogP) is -1.26. The largest absolute Gasteiger partial charge is 0.508 e. The number of nitrogens with zero attached hydrogens (tertiary/aromatic N) is 1. The number of carboxylic acid groups (broad SMARTS) is 1. The maximum absolute atomic E-state index is 13.3. The number of rotatable bonds is 20. The Morgan fingerprint density at radius 1 is 0.878 bits per heavy atom. The van der Waals surface area contributed by atoms with Crippen LogP contribution in [0.4, 0.5) is 0 Å². The van der Waals surface area contributed by atoms with Gasteiger partial charge in [0.25, 0.3) is 0 Å². The number of phenols is 1. The average molecular weight is 597 g/mol. The summed E-state index contributed by atoms with van der Waals surface area (Å²) in [6.07, 6.45) is 4.02. The first-order valence-corrected chi connectivity index (χ1v) is 14.8. The van der Waals surface area contributed by atoms with Gasteiger partial charge in [-0.15, -0.1) is 0 Å². The van der Waals surface area contributed by atoms with E-state index in [1.165, 1.54) is 23.9 Å². The van der Waals surface area contributed by atoms with Crippen molar-refractivity contribution in [1.29, 1.82) is 0 Å². The van der Waals surface area contributed by atoms with Crippen molar-refractivity contribution < 1.29 is 29.4 Å². The van der Waals surface area contributed by atoms with E-state index >= 15 is 0 Å². The van der Waals surface area contributed by atoms with Crippen LogP contribution in [0.1, 0.15) is 44.1 Å². The van der Waals surface area contributed by atoms with E-state index in [4.69, 9.17) is 22.9 Å². The Hall–Kier alpha value is -3.56. The van der Waals surface area contributed by atoms with Gasteiger partial charge in [-0.2, -0.15) is 11.8 Å². The number of aromatic hydroxyl groups is 1. The number of carboxylic acids is 1. The molecular formula is C26H44N8O6S. The summed E-state index contributed by atoms with van der Waals surface area (Å²) in [5.74, 6) is -2.54. The second-order valence-electron chi connectivity index (χ2n) is 9.51. The number of benzene rings is 1. The molecule has 4 unspecified atom stereocenters. The number of guanidine groups is 1. The Kier molecular flexibility index (Phi) is 16.9. The molecular weight excluding hydrogens is 552 g/mol. The first-order valence-electron chi connectivity index (χ1n) is 13.4. The maximum atomic E-state index is 13.3. The van der Waals surface area contributed by atoms with Gasteiger partial charge >= 0.3 is 5.97 Å². The first-order chi connectivity index (χ1) is 19.5. The van der Waals surface area contributed by atoms with E-state index in [2.05, 4.69) is 20.9 Å². The molecule has 14 nitrogen and oxygen atoms in total. The summed E-state index contributed by atoms with van der Waals surface area (Å²) in [6, 6.07) is 2.05. The molecule has 13 N–H and O–H groups in total. The topological polar surface area (TPSA) is 261 Å². The molecule has 0 bridgehead atoms. The van der Waals surface area contributed by atoms with Crippen LogP contribution in [0.2, 0.25) is 0 Å². The molecule has 230 valence electrons. The third kappa shape index (κ3) is 14.6. The van der Waals surface area contributed by atoms with Crippen molar-refractivity contribution in [2.45, 2.75) is 69.1 Å². The van der Waals surface area contributed by atoms with E-state index in [0.29, 0.717) is 31.6 Å². The van der Waals surface area contributed by atoms with E-state index in [1.54, 1.807) is 12.1 Å². The van der Waals surface area contributed by atoms with Crippen molar-refractivity contribution in [3.8, 4) is 5.75 Å². The molecule has 0 aliphatic rings. The van der Waals surface area contributed by atoms with E-state index in [1.807, 2.05) is 6.26 Å². The lowest BCUT2D eigenvalue weighted by Gasteiger charge is -2.25. The summed E-state index contributed by atoms with van der Waals surface area (Å²) in [6.45, 7) is 0.588. The molecule has 0 saturated carbocycles. The lowest BCUT2D eigenvalue weighted by Crippen LogP contribution is -2.57. The van der Waals surface area contributed by atoms with Gasteiger partial charge < -0.3 is 49.1 Å². The molecule has 0 aliphatic heterocycles. The van der Waals surface area contributed by atoms with Crippen molar-refractivity contribution in [2.24, 2.45) is 27.9 Å². The highest BCUT2D eigenvalue weighted by Crippen LogP contribution is 2.12. The van der Waals surface area contributed by atoms with Crippen LogP contribution < -0.4 is 38.9 Å². The molecule has 1 aromatic carbocycles. The fourth-order valence-electron chi connectivity index (χ4n) is 3.83. The Balaban J connectivity index is 2.99. The van der Waals surface area contributed by atoms with Crippen LogP contribution in [0.3, 0.4) is 0 Å². The Morgan fingerprint density at radius 2 is 1.44 bits per heavy atom. The van der Waals surface area contributed by atoms with Crippen LogP contribution in [0.25, 0.3) is 0 Å². The van der Waals surface area contributed by atoms with E-state index in [-0.39, 0.29) is 43.9 Å². The number of aliphatic carboxylic acids is 1. The summed E-state index contributed by atoms with van der Waals surface area (Å²) in [7, 11) is 0. The van der Waals surface area contributed by atoms with Crippen molar-refractivity contribution >= 4 is 41.4 Å². The fourth-order valence-corrected chi connectivity index (χ4v) is 4.30. The Labute approximate surface area is 244 Å². The van der Waals surface area contributed by atoms with Gasteiger partial charge in [0.05, 0.1) is 6.04 Å². The smallest absolute Gasteiger partial charge is 0.326 e. The fraction of sp³-hybridized carbons (Fsp3) is 0.577. The molecule has 0 aromatic heterocycles. The molecule has 0 heterocycles. The number of phenolic OH excluding ortho intramolecular Hbond substituents is 1. The van der Waals surface area contributed by atoms with Gasteiger partial charge in [0.2, 0.25) is 17.7 Å². The summed E-state index contributed by atoms with van der Waals surface area (Å²) in [5, 5.41) is 26.8. The van der Waals surface area contributed by atoms with Gasteiger partial charge in [0, 0.05) is 6.54 Å². The van der Waals surface area contributed by atoms with E-state index in [9.17, 15) is 29.4 Å². The molecule has 15 heteroatoms. The van der Waals surface area contributed by atoms with Crippen LogP contribution in [0, 0.1) is 0 Å². The summed E-state index contributed by atoms with van der Waals surface area (Å²) < 4.78 is 0. The van der Waals surface area contributed by atoms with Crippen LogP contribution in [-0.4, -0.2) is 89.1 Å². The SMILES string of the molecule is CSCCC(NC(=O)C(N)Cc1ccc(O)cc1)C(=O)NC(CCCN=C(N)N)C(=O)NC(CCCCN)C(=O)O. The zero-order valence-corrected chi connectivity index (χ0v) is 24.2. The number of carbonyl (C=O) groups is 4. The number of hydrogen-bond acceptors (Lipinski definition) is 9. The quantitative estimate of drug-likeness (QED) is 0.0487. The van der Waals surface area contributed by atoms with Crippen LogP contribution >= 0.6 is 11.8 Å². The van der Waals surface area contributed by atoms with Gasteiger partial charge in [0.1, 0.15) is 23.9 Å². The average Bonchev–Trinajstić information content (AvgIpc) is 2.92. The van der Waals surface area contributed by atoms with Crippen LogP contribution in [0.5, 0.6) is 5.75 Å². The molecule has 0 fully saturated rings. The predicted molar refractivity (Wildman–Crippen MR) is 159 cm³/mol. The third-order valence-electron chi connectivity index (χ3n) is 6.11. The Morgan fingerprint density at radius 3 is 2.00 bits per heavy atom. The zero-order chi connectivity index (χ0) is 30.8. The molecule has 0 saturated heterocycles.